The van der Waals surface area contributed by atoms with E-state index in [9.17, 15) is 0 Å². The number of fused-ring (bicyclic) bond motifs is 1. The molecule has 0 aromatic carbocycles. The highest BCUT2D eigenvalue weighted by Gasteiger charge is 2.31. The van der Waals surface area contributed by atoms with Crippen LogP contribution < -0.4 is 0 Å². The maximum Gasteiger partial charge on any atom is 0.0249 e. The Morgan fingerprint density at radius 2 is 2.25 bits per heavy atom. The zero-order valence-corrected chi connectivity index (χ0v) is 9.44. The summed E-state index contributed by atoms with van der Waals surface area (Å²) in [5.74, 6) is 0. The van der Waals surface area contributed by atoms with E-state index in [4.69, 9.17) is 0 Å². The molecule has 0 bridgehead atoms. The van der Waals surface area contributed by atoms with Crippen LogP contribution in [0, 0.1) is 0 Å². The number of aryl methyl sites for hydroxylation is 1. The van der Waals surface area contributed by atoms with E-state index in [1.54, 1.807) is 15.3 Å². The van der Waals surface area contributed by atoms with Gasteiger partial charge in [0.15, 0.2) is 0 Å². The molecule has 1 aliphatic rings. The standard InChI is InChI=1S/C10H14S2/c1-4-7-6-11-8-5-10(2,3)12-9(7)8/h6H,4-5H2,1-3H3. The molecule has 0 radical (unpaired) electrons. The van der Waals surface area contributed by atoms with Gasteiger partial charge in [-0.3, -0.25) is 0 Å². The second kappa shape index (κ2) is 2.78. The second-order valence-electron chi connectivity index (χ2n) is 3.91. The third-order valence-electron chi connectivity index (χ3n) is 2.23. The fourth-order valence-corrected chi connectivity index (χ4v) is 4.59. The summed E-state index contributed by atoms with van der Waals surface area (Å²) in [4.78, 5) is 3.20. The predicted octanol–water partition coefficient (Wildman–Crippen LogP) is 3.74. The molecule has 0 saturated heterocycles. The van der Waals surface area contributed by atoms with Gasteiger partial charge in [-0.25, -0.2) is 0 Å². The Labute approximate surface area is 82.4 Å². The zero-order valence-electron chi connectivity index (χ0n) is 7.81. The first kappa shape index (κ1) is 8.64. The first-order valence-electron chi connectivity index (χ1n) is 4.40. The molecule has 0 fully saturated rings. The molecule has 0 spiro atoms. The van der Waals surface area contributed by atoms with E-state index in [0.29, 0.717) is 4.75 Å². The molecule has 1 aromatic rings. The lowest BCUT2D eigenvalue weighted by Crippen LogP contribution is -2.11. The van der Waals surface area contributed by atoms with Crippen molar-refractivity contribution in [1.82, 2.24) is 0 Å². The van der Waals surface area contributed by atoms with Gasteiger partial charge in [-0.2, -0.15) is 0 Å². The van der Waals surface area contributed by atoms with Crippen molar-refractivity contribution in [3.63, 3.8) is 0 Å². The molecule has 12 heavy (non-hydrogen) atoms. The summed E-state index contributed by atoms with van der Waals surface area (Å²) in [7, 11) is 0. The van der Waals surface area contributed by atoms with Gasteiger partial charge in [0, 0.05) is 14.5 Å². The lowest BCUT2D eigenvalue weighted by Gasteiger charge is -2.14. The van der Waals surface area contributed by atoms with Gasteiger partial charge >= 0.3 is 0 Å². The summed E-state index contributed by atoms with van der Waals surface area (Å²) in [6.07, 6.45) is 2.45. The van der Waals surface area contributed by atoms with Gasteiger partial charge in [-0.05, 0) is 37.6 Å². The van der Waals surface area contributed by atoms with E-state index >= 15 is 0 Å². The summed E-state index contributed by atoms with van der Waals surface area (Å²) in [6, 6.07) is 0. The highest BCUT2D eigenvalue weighted by molar-refractivity contribution is 8.01. The Morgan fingerprint density at radius 1 is 1.50 bits per heavy atom. The van der Waals surface area contributed by atoms with Crippen LogP contribution in [0.2, 0.25) is 0 Å². The van der Waals surface area contributed by atoms with E-state index in [0.717, 1.165) is 0 Å². The van der Waals surface area contributed by atoms with Gasteiger partial charge in [0.25, 0.3) is 0 Å². The van der Waals surface area contributed by atoms with Crippen LogP contribution in [-0.2, 0) is 12.8 Å². The first-order chi connectivity index (χ1) is 5.62. The molecule has 0 nitrogen and oxygen atoms in total. The van der Waals surface area contributed by atoms with Crippen LogP contribution in [0.25, 0.3) is 0 Å². The molecule has 0 unspecified atom stereocenters. The number of rotatable bonds is 1. The molecule has 0 N–H and O–H groups in total. The van der Waals surface area contributed by atoms with Crippen LogP contribution in [0.4, 0.5) is 0 Å². The van der Waals surface area contributed by atoms with Crippen molar-refractivity contribution in [3.8, 4) is 0 Å². The monoisotopic (exact) mass is 198 g/mol. The fourth-order valence-electron chi connectivity index (χ4n) is 1.62. The third kappa shape index (κ3) is 1.31. The van der Waals surface area contributed by atoms with E-state index in [-0.39, 0.29) is 0 Å². The zero-order chi connectivity index (χ0) is 8.77. The highest BCUT2D eigenvalue weighted by atomic mass is 32.2. The molecule has 0 amide bonds. The van der Waals surface area contributed by atoms with Crippen molar-refractivity contribution >= 4 is 23.1 Å². The SMILES string of the molecule is CCc1csc2c1SC(C)(C)C2. The molecular weight excluding hydrogens is 184 g/mol. The molecular formula is C10H14S2. The van der Waals surface area contributed by atoms with Crippen LogP contribution in [-0.4, -0.2) is 4.75 Å². The fraction of sp³-hybridized carbons (Fsp3) is 0.600. The molecule has 1 aliphatic heterocycles. The van der Waals surface area contributed by atoms with Gasteiger partial charge in [0.2, 0.25) is 0 Å². The largest absolute Gasteiger partial charge is 0.147 e. The lowest BCUT2D eigenvalue weighted by atomic mass is 10.1. The minimum atomic E-state index is 0.451. The molecule has 0 atom stereocenters. The summed E-state index contributed by atoms with van der Waals surface area (Å²) >= 11 is 4.01. The number of thioether (sulfide) groups is 1. The average Bonchev–Trinajstić information content (AvgIpc) is 2.42. The van der Waals surface area contributed by atoms with Gasteiger partial charge in [0.1, 0.15) is 0 Å². The predicted molar refractivity (Wildman–Crippen MR) is 57.3 cm³/mol. The van der Waals surface area contributed by atoms with Crippen molar-refractivity contribution in [2.45, 2.75) is 43.3 Å². The number of thiophene rings is 1. The maximum atomic E-state index is 2.34. The number of hydrogen-bond acceptors (Lipinski definition) is 2. The highest BCUT2D eigenvalue weighted by Crippen LogP contribution is 2.49. The molecule has 2 heterocycles. The Hall–Kier alpha value is 0.0500. The Kier molecular flexibility index (Phi) is 2.00. The summed E-state index contributed by atoms with van der Waals surface area (Å²) in [5, 5.41) is 2.33. The topological polar surface area (TPSA) is 0 Å². The molecule has 0 aliphatic carbocycles. The van der Waals surface area contributed by atoms with Gasteiger partial charge in [-0.15, -0.1) is 23.1 Å². The molecule has 2 heteroatoms. The summed E-state index contributed by atoms with van der Waals surface area (Å²) < 4.78 is 0.451. The van der Waals surface area contributed by atoms with Gasteiger partial charge in [0.05, 0.1) is 0 Å². The molecule has 2 rings (SSSR count). The quantitative estimate of drug-likeness (QED) is 0.662. The van der Waals surface area contributed by atoms with Crippen molar-refractivity contribution < 1.29 is 0 Å². The second-order valence-corrected chi connectivity index (χ2v) is 6.59. The van der Waals surface area contributed by atoms with E-state index in [1.807, 2.05) is 11.3 Å². The van der Waals surface area contributed by atoms with Crippen LogP contribution in [0.3, 0.4) is 0 Å². The summed E-state index contributed by atoms with van der Waals surface area (Å²) in [5.41, 5.74) is 1.56. The Balaban J connectivity index is 2.37. The average molecular weight is 198 g/mol. The summed E-state index contributed by atoms with van der Waals surface area (Å²) in [6.45, 7) is 6.92. The normalized spacial score (nSPS) is 19.6. The van der Waals surface area contributed by atoms with Crippen LogP contribution >= 0.6 is 23.1 Å². The first-order valence-corrected chi connectivity index (χ1v) is 6.10. The van der Waals surface area contributed by atoms with Gasteiger partial charge < -0.3 is 0 Å². The number of hydrogen-bond donors (Lipinski definition) is 0. The van der Waals surface area contributed by atoms with Crippen LogP contribution in [0.15, 0.2) is 10.3 Å². The minimum absolute atomic E-state index is 0.451. The van der Waals surface area contributed by atoms with Crippen molar-refractivity contribution in [2.75, 3.05) is 0 Å². The van der Waals surface area contributed by atoms with Gasteiger partial charge in [-0.1, -0.05) is 6.92 Å². The Morgan fingerprint density at radius 3 is 2.92 bits per heavy atom. The smallest absolute Gasteiger partial charge is 0.0249 e. The van der Waals surface area contributed by atoms with Crippen molar-refractivity contribution in [3.05, 3.63) is 15.8 Å². The van der Waals surface area contributed by atoms with E-state index in [1.165, 1.54) is 12.8 Å². The Bertz CT molecular complexity index is 297. The van der Waals surface area contributed by atoms with Crippen molar-refractivity contribution in [2.24, 2.45) is 0 Å². The van der Waals surface area contributed by atoms with Crippen LogP contribution in [0.1, 0.15) is 31.2 Å². The van der Waals surface area contributed by atoms with Crippen molar-refractivity contribution in [1.29, 1.82) is 0 Å². The minimum Gasteiger partial charge on any atom is -0.147 e. The molecule has 66 valence electrons. The molecule has 1 aromatic heterocycles. The maximum absolute atomic E-state index is 2.34. The molecule has 0 saturated carbocycles. The van der Waals surface area contributed by atoms with E-state index < -0.39 is 0 Å². The van der Waals surface area contributed by atoms with E-state index in [2.05, 4.69) is 37.9 Å². The third-order valence-corrected chi connectivity index (χ3v) is 4.81. The van der Waals surface area contributed by atoms with Crippen LogP contribution in [0.5, 0.6) is 0 Å². The lowest BCUT2D eigenvalue weighted by molar-refractivity contribution is 0.731.